The third-order valence-corrected chi connectivity index (χ3v) is 8.90. The molecule has 3 aromatic rings. The number of esters is 1. The molecule has 0 spiro atoms. The van der Waals surface area contributed by atoms with Crippen LogP contribution in [0, 0.1) is 13.8 Å². The Morgan fingerprint density at radius 1 is 1.14 bits per heavy atom. The van der Waals surface area contributed by atoms with Crippen LogP contribution in [0.4, 0.5) is 5.00 Å². The lowest BCUT2D eigenvalue weighted by molar-refractivity contribution is -0.113. The number of fused-ring (bicyclic) bond motifs is 1. The molecule has 37 heavy (non-hydrogen) atoms. The zero-order valence-corrected chi connectivity index (χ0v) is 23.7. The van der Waals surface area contributed by atoms with Gasteiger partial charge in [0.25, 0.3) is 0 Å². The molecule has 4 rings (SSSR count). The van der Waals surface area contributed by atoms with E-state index in [1.165, 1.54) is 47.1 Å². The number of carbonyl (C=O) groups excluding carboxylic acids is 2. The lowest BCUT2D eigenvalue weighted by atomic mass is 9.96. The van der Waals surface area contributed by atoms with E-state index < -0.39 is 5.97 Å². The number of aromatic nitrogens is 3. The summed E-state index contributed by atoms with van der Waals surface area (Å²) in [5.41, 5.74) is 3.93. The predicted octanol–water partition coefficient (Wildman–Crippen LogP) is 5.81. The zero-order valence-electron chi connectivity index (χ0n) is 22.1. The molecule has 8 nitrogen and oxygen atoms in total. The number of carbonyl (C=O) groups is 2. The summed E-state index contributed by atoms with van der Waals surface area (Å²) in [5, 5.41) is 12.7. The van der Waals surface area contributed by atoms with Gasteiger partial charge in [0.2, 0.25) is 5.91 Å². The Bertz CT molecular complexity index is 1280. The maximum absolute atomic E-state index is 12.9. The minimum atomic E-state index is -0.392. The quantitative estimate of drug-likeness (QED) is 0.283. The molecule has 1 unspecified atom stereocenters. The summed E-state index contributed by atoms with van der Waals surface area (Å²) in [4.78, 5) is 26.7. The van der Waals surface area contributed by atoms with E-state index in [1.807, 2.05) is 36.7 Å². The van der Waals surface area contributed by atoms with Crippen LogP contribution >= 0.6 is 23.1 Å². The van der Waals surface area contributed by atoms with Crippen LogP contribution in [-0.4, -0.2) is 39.5 Å². The molecule has 1 N–H and O–H groups in total. The highest BCUT2D eigenvalue weighted by Crippen LogP contribution is 2.37. The first-order valence-electron chi connectivity index (χ1n) is 12.6. The predicted molar refractivity (Wildman–Crippen MR) is 147 cm³/mol. The molecule has 0 aliphatic heterocycles. The van der Waals surface area contributed by atoms with Crippen molar-refractivity contribution in [2.24, 2.45) is 7.05 Å². The van der Waals surface area contributed by atoms with Crippen LogP contribution in [0.5, 0.6) is 5.75 Å². The topological polar surface area (TPSA) is 95.3 Å². The molecule has 0 saturated heterocycles. The van der Waals surface area contributed by atoms with Crippen molar-refractivity contribution < 1.29 is 19.1 Å². The second-order valence-corrected chi connectivity index (χ2v) is 11.4. The van der Waals surface area contributed by atoms with Gasteiger partial charge in [-0.05, 0) is 75.3 Å². The van der Waals surface area contributed by atoms with Crippen LogP contribution in [0.1, 0.15) is 76.5 Å². The van der Waals surface area contributed by atoms with Crippen molar-refractivity contribution in [3.05, 3.63) is 51.2 Å². The highest BCUT2D eigenvalue weighted by Gasteiger charge is 2.26. The lowest BCUT2D eigenvalue weighted by Gasteiger charge is -2.15. The van der Waals surface area contributed by atoms with Crippen LogP contribution in [0.15, 0.2) is 23.4 Å². The summed E-state index contributed by atoms with van der Waals surface area (Å²) in [6, 6.07) is 5.99. The Labute approximate surface area is 226 Å². The van der Waals surface area contributed by atoms with Crippen molar-refractivity contribution in [3.63, 3.8) is 0 Å². The number of thioether (sulfide) groups is 1. The van der Waals surface area contributed by atoms with Crippen molar-refractivity contribution in [3.8, 4) is 5.75 Å². The summed E-state index contributed by atoms with van der Waals surface area (Å²) in [7, 11) is 3.25. The van der Waals surface area contributed by atoms with Crippen molar-refractivity contribution in [1.82, 2.24) is 14.8 Å². The summed E-state index contributed by atoms with van der Waals surface area (Å²) >= 11 is 2.80. The van der Waals surface area contributed by atoms with E-state index >= 15 is 0 Å². The molecular formula is C27H34N4O4S2. The molecule has 1 atom stereocenters. The summed E-state index contributed by atoms with van der Waals surface area (Å²) in [5.74, 6) is 0.998. The lowest BCUT2D eigenvalue weighted by Crippen LogP contribution is -2.17. The molecule has 10 heteroatoms. The van der Waals surface area contributed by atoms with Crippen LogP contribution in [-0.2, 0) is 29.4 Å². The normalized spacial score (nSPS) is 14.3. The first-order chi connectivity index (χ1) is 17.8. The van der Waals surface area contributed by atoms with E-state index in [9.17, 15) is 9.59 Å². The van der Waals surface area contributed by atoms with Crippen molar-refractivity contribution in [1.29, 1.82) is 0 Å². The van der Waals surface area contributed by atoms with Gasteiger partial charge < -0.3 is 19.4 Å². The number of nitrogens with one attached hydrogen (secondary N) is 1. The molecule has 1 aliphatic carbocycles. The first-order valence-corrected chi connectivity index (χ1v) is 14.4. The molecule has 0 fully saturated rings. The Balaban J connectivity index is 1.41. The highest BCUT2D eigenvalue weighted by atomic mass is 32.2. The number of hydrogen-bond acceptors (Lipinski definition) is 8. The van der Waals surface area contributed by atoms with E-state index in [2.05, 4.69) is 29.4 Å². The van der Waals surface area contributed by atoms with Gasteiger partial charge in [-0.2, -0.15) is 0 Å². The maximum atomic E-state index is 12.9. The number of amides is 1. The molecule has 0 radical (unpaired) electrons. The monoisotopic (exact) mass is 542 g/mol. The van der Waals surface area contributed by atoms with Gasteiger partial charge in [0.1, 0.15) is 10.8 Å². The molecule has 0 saturated carbocycles. The highest BCUT2D eigenvalue weighted by molar-refractivity contribution is 7.99. The zero-order chi connectivity index (χ0) is 26.5. The van der Waals surface area contributed by atoms with Gasteiger partial charge in [0, 0.05) is 11.9 Å². The van der Waals surface area contributed by atoms with E-state index in [4.69, 9.17) is 9.47 Å². The minimum Gasteiger partial charge on any atom is -0.483 e. The van der Waals surface area contributed by atoms with Crippen LogP contribution < -0.4 is 10.1 Å². The Morgan fingerprint density at radius 3 is 2.62 bits per heavy atom. The molecular weight excluding hydrogens is 508 g/mol. The van der Waals surface area contributed by atoms with Gasteiger partial charge >= 0.3 is 5.97 Å². The largest absolute Gasteiger partial charge is 0.483 e. The fraction of sp³-hybridized carbons (Fsp3) is 0.481. The van der Waals surface area contributed by atoms with Gasteiger partial charge in [-0.3, -0.25) is 4.79 Å². The van der Waals surface area contributed by atoms with Crippen molar-refractivity contribution in [2.45, 2.75) is 70.6 Å². The average molecular weight is 543 g/mol. The maximum Gasteiger partial charge on any atom is 0.341 e. The third kappa shape index (κ3) is 6.35. The number of rotatable bonds is 8. The van der Waals surface area contributed by atoms with E-state index in [-0.39, 0.29) is 17.8 Å². The molecule has 1 aliphatic rings. The van der Waals surface area contributed by atoms with Crippen LogP contribution in [0.3, 0.4) is 0 Å². The number of thiophene rings is 1. The Morgan fingerprint density at radius 2 is 1.89 bits per heavy atom. The molecule has 2 aromatic heterocycles. The number of nitrogens with zero attached hydrogens (tertiary/aromatic N) is 3. The summed E-state index contributed by atoms with van der Waals surface area (Å²) in [6.45, 7) is 6.05. The number of methoxy groups -OCH3 is 1. The van der Waals surface area contributed by atoms with Gasteiger partial charge in [-0.15, -0.1) is 21.5 Å². The smallest absolute Gasteiger partial charge is 0.341 e. The Kier molecular flexibility index (Phi) is 8.91. The van der Waals surface area contributed by atoms with Crippen molar-refractivity contribution >= 4 is 40.0 Å². The number of benzene rings is 1. The number of hydrogen-bond donors (Lipinski definition) is 1. The fourth-order valence-corrected chi connectivity index (χ4v) is 6.48. The fourth-order valence-electron chi connectivity index (χ4n) is 4.47. The van der Waals surface area contributed by atoms with Gasteiger partial charge in [-0.1, -0.05) is 30.7 Å². The van der Waals surface area contributed by atoms with Crippen LogP contribution in [0.2, 0.25) is 0 Å². The number of ether oxygens (including phenoxy) is 2. The van der Waals surface area contributed by atoms with Gasteiger partial charge in [0.15, 0.2) is 17.1 Å². The van der Waals surface area contributed by atoms with Crippen LogP contribution in [0.25, 0.3) is 0 Å². The molecule has 1 amide bonds. The SMILES string of the molecule is COC(=O)c1c(NC(=O)CSc2nnc(C(C)Oc3ccc(C)c(C)c3)n2C)sc2c1CCCCCC2. The number of anilines is 1. The molecule has 2 heterocycles. The Hall–Kier alpha value is -2.85. The average Bonchev–Trinajstić information content (AvgIpc) is 3.38. The van der Waals surface area contributed by atoms with Gasteiger partial charge in [0.05, 0.1) is 18.4 Å². The standard InChI is InChI=1S/C27H34N4O4S2/c1-16-12-13-19(14-17(16)2)35-18(3)24-29-30-27(31(24)4)36-15-22(32)28-25-23(26(33)34-5)20-10-8-6-7-9-11-21(20)37-25/h12-14,18H,6-11,15H2,1-5H3,(H,28,32). The number of aryl methyl sites for hydroxylation is 3. The molecule has 1 aromatic carbocycles. The van der Waals surface area contributed by atoms with E-state index in [0.29, 0.717) is 21.5 Å². The van der Waals surface area contributed by atoms with Crippen molar-refractivity contribution in [2.75, 3.05) is 18.2 Å². The second-order valence-electron chi connectivity index (χ2n) is 9.36. The first kappa shape index (κ1) is 27.2. The molecule has 198 valence electrons. The summed E-state index contributed by atoms with van der Waals surface area (Å²) < 4.78 is 13.0. The van der Waals surface area contributed by atoms with Gasteiger partial charge in [-0.25, -0.2) is 4.79 Å². The minimum absolute atomic E-state index is 0.140. The summed E-state index contributed by atoms with van der Waals surface area (Å²) in [6.07, 6.45) is 5.94. The second kappa shape index (κ2) is 12.1. The third-order valence-electron chi connectivity index (χ3n) is 6.67. The van der Waals surface area contributed by atoms with E-state index in [0.717, 1.165) is 49.0 Å². The van der Waals surface area contributed by atoms with E-state index in [1.54, 1.807) is 0 Å². The molecule has 0 bridgehead atoms.